The fourth-order valence-corrected chi connectivity index (χ4v) is 1.57. The SMILES string of the molecule is O=C(C=S(=O)=O)OOC1CCCCC1. The van der Waals surface area contributed by atoms with E-state index in [2.05, 4.69) is 4.89 Å². The molecule has 1 rings (SSSR count). The molecule has 0 spiro atoms. The molecule has 0 atom stereocenters. The predicted octanol–water partition coefficient (Wildman–Crippen LogP) is 0.475. The van der Waals surface area contributed by atoms with Crippen molar-refractivity contribution in [2.45, 2.75) is 38.2 Å². The summed E-state index contributed by atoms with van der Waals surface area (Å²) in [5.74, 6) is -0.982. The zero-order chi connectivity index (χ0) is 10.4. The molecule has 80 valence electrons. The molecular weight excluding hydrogens is 208 g/mol. The second-order valence-electron chi connectivity index (χ2n) is 3.14. The van der Waals surface area contributed by atoms with Gasteiger partial charge in [-0.15, -0.1) is 0 Å². The second kappa shape index (κ2) is 5.77. The Labute approximate surface area is 83.5 Å². The molecule has 0 aromatic carbocycles. The van der Waals surface area contributed by atoms with Gasteiger partial charge in [0.15, 0.2) is 0 Å². The van der Waals surface area contributed by atoms with E-state index in [1.807, 2.05) is 0 Å². The van der Waals surface area contributed by atoms with Crippen LogP contribution in [0.1, 0.15) is 32.1 Å². The van der Waals surface area contributed by atoms with Gasteiger partial charge in [-0.3, -0.25) is 4.89 Å². The van der Waals surface area contributed by atoms with Gasteiger partial charge in [-0.25, -0.2) is 4.79 Å². The molecule has 0 bridgehead atoms. The average Bonchev–Trinajstić information content (AvgIpc) is 2.15. The highest BCUT2D eigenvalue weighted by molar-refractivity contribution is 7.73. The third-order valence-corrected chi connectivity index (χ3v) is 2.40. The van der Waals surface area contributed by atoms with Crippen LogP contribution in [0.25, 0.3) is 0 Å². The van der Waals surface area contributed by atoms with Crippen LogP contribution in [-0.2, 0) is 24.9 Å². The lowest BCUT2D eigenvalue weighted by molar-refractivity contribution is -0.295. The van der Waals surface area contributed by atoms with Crippen molar-refractivity contribution in [2.75, 3.05) is 0 Å². The monoisotopic (exact) mass is 220 g/mol. The van der Waals surface area contributed by atoms with Crippen LogP contribution >= 0.6 is 0 Å². The first kappa shape index (κ1) is 11.2. The summed E-state index contributed by atoms with van der Waals surface area (Å²) < 4.78 is 20.1. The van der Waals surface area contributed by atoms with E-state index in [0.29, 0.717) is 5.37 Å². The van der Waals surface area contributed by atoms with Crippen LogP contribution in [-0.4, -0.2) is 25.9 Å². The molecule has 0 heterocycles. The van der Waals surface area contributed by atoms with Gasteiger partial charge >= 0.3 is 5.97 Å². The molecule has 1 aliphatic rings. The van der Waals surface area contributed by atoms with Crippen LogP contribution < -0.4 is 0 Å². The van der Waals surface area contributed by atoms with E-state index in [0.717, 1.165) is 25.7 Å². The summed E-state index contributed by atoms with van der Waals surface area (Å²) in [7, 11) is -2.53. The molecule has 0 aromatic rings. The lowest BCUT2D eigenvalue weighted by Gasteiger charge is -2.19. The molecular formula is C8H12O5S. The smallest absolute Gasteiger partial charge is 0.292 e. The molecule has 0 amide bonds. The zero-order valence-electron chi connectivity index (χ0n) is 7.64. The largest absolute Gasteiger partial charge is 0.381 e. The summed E-state index contributed by atoms with van der Waals surface area (Å²) in [5, 5.41) is 0.433. The van der Waals surface area contributed by atoms with E-state index in [1.54, 1.807) is 0 Å². The maximum absolute atomic E-state index is 10.7. The second-order valence-corrected chi connectivity index (χ2v) is 3.89. The van der Waals surface area contributed by atoms with Crippen LogP contribution in [0.3, 0.4) is 0 Å². The van der Waals surface area contributed by atoms with Gasteiger partial charge in [0.1, 0.15) is 11.5 Å². The minimum absolute atomic E-state index is 0.0822. The molecule has 1 aliphatic carbocycles. The topological polar surface area (TPSA) is 69.7 Å². The number of carbonyl (C=O) groups excluding carboxylic acids is 1. The van der Waals surface area contributed by atoms with Gasteiger partial charge in [0.05, 0.1) is 0 Å². The van der Waals surface area contributed by atoms with Crippen molar-refractivity contribution in [2.24, 2.45) is 0 Å². The fraction of sp³-hybridized carbons (Fsp3) is 0.750. The maximum Gasteiger partial charge on any atom is 0.381 e. The van der Waals surface area contributed by atoms with Crippen molar-refractivity contribution in [3.05, 3.63) is 0 Å². The van der Waals surface area contributed by atoms with Gasteiger partial charge in [0, 0.05) is 0 Å². The molecule has 6 heteroatoms. The molecule has 0 unspecified atom stereocenters. The highest BCUT2D eigenvalue weighted by Crippen LogP contribution is 2.20. The number of rotatable bonds is 3. The van der Waals surface area contributed by atoms with E-state index < -0.39 is 16.3 Å². The third-order valence-electron chi connectivity index (χ3n) is 2.01. The number of hydrogen-bond donors (Lipinski definition) is 0. The predicted molar refractivity (Wildman–Crippen MR) is 49.0 cm³/mol. The maximum atomic E-state index is 10.7. The first-order valence-electron chi connectivity index (χ1n) is 4.48. The first-order valence-corrected chi connectivity index (χ1v) is 5.62. The van der Waals surface area contributed by atoms with Gasteiger partial charge in [-0.05, 0) is 12.8 Å². The van der Waals surface area contributed by atoms with Crippen molar-refractivity contribution in [3.63, 3.8) is 0 Å². The van der Waals surface area contributed by atoms with E-state index >= 15 is 0 Å². The Morgan fingerprint density at radius 1 is 1.21 bits per heavy atom. The molecule has 0 N–H and O–H groups in total. The van der Waals surface area contributed by atoms with Crippen molar-refractivity contribution >= 4 is 21.6 Å². The molecule has 5 nitrogen and oxygen atoms in total. The molecule has 1 fully saturated rings. The Morgan fingerprint density at radius 3 is 2.43 bits per heavy atom. The van der Waals surface area contributed by atoms with Gasteiger partial charge in [-0.2, -0.15) is 13.3 Å². The molecule has 0 aromatic heterocycles. The minimum atomic E-state index is -2.53. The Kier molecular flexibility index (Phi) is 4.61. The molecule has 0 aliphatic heterocycles. The minimum Gasteiger partial charge on any atom is -0.292 e. The summed E-state index contributed by atoms with van der Waals surface area (Å²) in [5.41, 5.74) is 0. The standard InChI is InChI=1S/C8H12O5S/c9-8(6-14(10)11)13-12-7-4-2-1-3-5-7/h6-7H,1-5H2. The number of carbonyl (C=O) groups is 1. The highest BCUT2D eigenvalue weighted by atomic mass is 32.2. The summed E-state index contributed by atoms with van der Waals surface area (Å²) in [4.78, 5) is 19.8. The third kappa shape index (κ3) is 4.38. The van der Waals surface area contributed by atoms with Gasteiger partial charge in [-0.1, -0.05) is 19.3 Å². The summed E-state index contributed by atoms with van der Waals surface area (Å²) in [6.45, 7) is 0. The van der Waals surface area contributed by atoms with E-state index in [4.69, 9.17) is 4.89 Å². The quantitative estimate of drug-likeness (QED) is 0.393. The average molecular weight is 220 g/mol. The highest BCUT2D eigenvalue weighted by Gasteiger charge is 2.16. The Bertz CT molecular complexity index is 305. The van der Waals surface area contributed by atoms with Crippen molar-refractivity contribution < 1.29 is 23.0 Å². The van der Waals surface area contributed by atoms with E-state index in [-0.39, 0.29) is 6.10 Å². The fourth-order valence-electron chi connectivity index (χ4n) is 1.38. The Balaban J connectivity index is 2.25. The summed E-state index contributed by atoms with van der Waals surface area (Å²) in [6.07, 6.45) is 4.91. The first-order chi connectivity index (χ1) is 6.68. The van der Waals surface area contributed by atoms with Crippen LogP contribution in [0.5, 0.6) is 0 Å². The number of hydrogen-bond acceptors (Lipinski definition) is 5. The molecule has 1 saturated carbocycles. The van der Waals surface area contributed by atoms with Crippen molar-refractivity contribution in [3.8, 4) is 0 Å². The van der Waals surface area contributed by atoms with Crippen molar-refractivity contribution in [1.29, 1.82) is 0 Å². The van der Waals surface area contributed by atoms with E-state index in [1.165, 1.54) is 6.42 Å². The molecule has 14 heavy (non-hydrogen) atoms. The van der Waals surface area contributed by atoms with Crippen LogP contribution in [0.2, 0.25) is 0 Å². The Morgan fingerprint density at radius 2 is 1.86 bits per heavy atom. The molecule has 0 saturated heterocycles. The van der Waals surface area contributed by atoms with E-state index in [9.17, 15) is 13.2 Å². The van der Waals surface area contributed by atoms with Crippen LogP contribution in [0.15, 0.2) is 0 Å². The van der Waals surface area contributed by atoms with Gasteiger partial charge in [0.25, 0.3) is 0 Å². The van der Waals surface area contributed by atoms with Crippen LogP contribution in [0, 0.1) is 0 Å². The van der Waals surface area contributed by atoms with Crippen molar-refractivity contribution in [1.82, 2.24) is 0 Å². The normalized spacial score (nSPS) is 17.4. The van der Waals surface area contributed by atoms with Crippen LogP contribution in [0.4, 0.5) is 0 Å². The lowest BCUT2D eigenvalue weighted by Crippen LogP contribution is -2.19. The van der Waals surface area contributed by atoms with Gasteiger partial charge in [0.2, 0.25) is 10.3 Å². The molecule has 0 radical (unpaired) electrons. The zero-order valence-corrected chi connectivity index (χ0v) is 8.46. The van der Waals surface area contributed by atoms with Gasteiger partial charge < -0.3 is 0 Å². The summed E-state index contributed by atoms with van der Waals surface area (Å²) >= 11 is 0. The Hall–Kier alpha value is -0.880. The lowest BCUT2D eigenvalue weighted by atomic mass is 9.98. The summed E-state index contributed by atoms with van der Waals surface area (Å²) in [6, 6.07) is 0.